The van der Waals surface area contributed by atoms with Gasteiger partial charge in [-0.3, -0.25) is 4.79 Å². The van der Waals surface area contributed by atoms with Crippen molar-refractivity contribution in [1.82, 2.24) is 4.90 Å². The molecule has 4 nitrogen and oxygen atoms in total. The maximum Gasteiger partial charge on any atom is 0.248 e. The minimum atomic E-state index is 0.0196. The molecule has 0 spiro atoms. The molecule has 0 aliphatic rings. The van der Waals surface area contributed by atoms with Gasteiger partial charge in [-0.15, -0.1) is 0 Å². The third-order valence-electron chi connectivity index (χ3n) is 2.86. The zero-order chi connectivity index (χ0) is 13.4. The Bertz CT molecular complexity index is 380. The number of benzene rings is 1. The van der Waals surface area contributed by atoms with Crippen LogP contribution in [0.25, 0.3) is 0 Å². The van der Waals surface area contributed by atoms with Crippen LogP contribution in [0.15, 0.2) is 24.3 Å². The molecule has 0 aliphatic heterocycles. The van der Waals surface area contributed by atoms with Crippen molar-refractivity contribution in [2.45, 2.75) is 26.9 Å². The maximum atomic E-state index is 11.9. The van der Waals surface area contributed by atoms with Crippen LogP contribution in [0.4, 0.5) is 0 Å². The van der Waals surface area contributed by atoms with Crippen LogP contribution in [-0.2, 0) is 22.6 Å². The van der Waals surface area contributed by atoms with E-state index in [1.165, 1.54) is 0 Å². The van der Waals surface area contributed by atoms with Crippen molar-refractivity contribution in [3.8, 4) is 0 Å². The molecule has 4 heteroatoms. The molecule has 0 aromatic heterocycles. The molecule has 0 saturated heterocycles. The van der Waals surface area contributed by atoms with Crippen molar-refractivity contribution < 1.29 is 9.53 Å². The number of amides is 1. The summed E-state index contributed by atoms with van der Waals surface area (Å²) in [6.45, 7) is 6.31. The van der Waals surface area contributed by atoms with Crippen LogP contribution in [0.1, 0.15) is 25.0 Å². The van der Waals surface area contributed by atoms with E-state index in [9.17, 15) is 4.79 Å². The lowest BCUT2D eigenvalue weighted by Crippen LogP contribution is -2.33. The first-order chi connectivity index (χ1) is 8.72. The Kier molecular flexibility index (Phi) is 6.39. The SMILES string of the molecule is CCOCC(=O)N(CC)Cc1ccccc1CN. The number of ether oxygens (including phenoxy) is 1. The highest BCUT2D eigenvalue weighted by molar-refractivity contribution is 5.77. The van der Waals surface area contributed by atoms with Crippen LogP contribution in [0.5, 0.6) is 0 Å². The lowest BCUT2D eigenvalue weighted by molar-refractivity contribution is -0.136. The summed E-state index contributed by atoms with van der Waals surface area (Å²) >= 11 is 0. The topological polar surface area (TPSA) is 55.6 Å². The Labute approximate surface area is 109 Å². The Hall–Kier alpha value is -1.39. The zero-order valence-electron chi connectivity index (χ0n) is 11.2. The molecule has 0 atom stereocenters. The van der Waals surface area contributed by atoms with Gasteiger partial charge in [0.05, 0.1) is 0 Å². The van der Waals surface area contributed by atoms with Crippen LogP contribution >= 0.6 is 0 Å². The third kappa shape index (κ3) is 4.13. The maximum absolute atomic E-state index is 11.9. The van der Waals surface area contributed by atoms with E-state index in [1.807, 2.05) is 38.1 Å². The van der Waals surface area contributed by atoms with Gasteiger partial charge in [0.2, 0.25) is 5.91 Å². The number of hydrogen-bond acceptors (Lipinski definition) is 3. The molecular weight excluding hydrogens is 228 g/mol. The van der Waals surface area contributed by atoms with Crippen LogP contribution in [0.2, 0.25) is 0 Å². The summed E-state index contributed by atoms with van der Waals surface area (Å²) in [5, 5.41) is 0. The Morgan fingerprint density at radius 3 is 2.50 bits per heavy atom. The van der Waals surface area contributed by atoms with Gasteiger partial charge >= 0.3 is 0 Å². The first kappa shape index (κ1) is 14.7. The van der Waals surface area contributed by atoms with Crippen molar-refractivity contribution >= 4 is 5.91 Å². The first-order valence-electron chi connectivity index (χ1n) is 6.35. The summed E-state index contributed by atoms with van der Waals surface area (Å²) in [7, 11) is 0. The minimum Gasteiger partial charge on any atom is -0.372 e. The van der Waals surface area contributed by atoms with Crippen molar-refractivity contribution in [3.05, 3.63) is 35.4 Å². The van der Waals surface area contributed by atoms with Crippen LogP contribution < -0.4 is 5.73 Å². The average molecular weight is 250 g/mol. The number of hydrogen-bond donors (Lipinski definition) is 1. The molecule has 100 valence electrons. The Balaban J connectivity index is 2.70. The summed E-state index contributed by atoms with van der Waals surface area (Å²) in [6.07, 6.45) is 0. The fourth-order valence-electron chi connectivity index (χ4n) is 1.77. The summed E-state index contributed by atoms with van der Waals surface area (Å²) in [4.78, 5) is 13.7. The standard InChI is InChI=1S/C14H22N2O2/c1-3-16(14(17)11-18-4-2)10-13-8-6-5-7-12(13)9-15/h5-8H,3-4,9-11,15H2,1-2H3. The van der Waals surface area contributed by atoms with E-state index >= 15 is 0 Å². The van der Waals surface area contributed by atoms with E-state index in [-0.39, 0.29) is 12.5 Å². The molecule has 1 aromatic carbocycles. The van der Waals surface area contributed by atoms with E-state index in [0.29, 0.717) is 26.2 Å². The average Bonchev–Trinajstić information content (AvgIpc) is 2.42. The number of nitrogens with zero attached hydrogens (tertiary/aromatic N) is 1. The number of carbonyl (C=O) groups is 1. The highest BCUT2D eigenvalue weighted by atomic mass is 16.5. The molecule has 1 rings (SSSR count). The van der Waals surface area contributed by atoms with Gasteiger partial charge in [-0.1, -0.05) is 24.3 Å². The van der Waals surface area contributed by atoms with Crippen LogP contribution in [-0.4, -0.2) is 30.6 Å². The summed E-state index contributed by atoms with van der Waals surface area (Å²) in [5.41, 5.74) is 7.88. The highest BCUT2D eigenvalue weighted by Gasteiger charge is 2.13. The number of rotatable bonds is 7. The van der Waals surface area contributed by atoms with Gasteiger partial charge in [0.1, 0.15) is 6.61 Å². The zero-order valence-corrected chi connectivity index (χ0v) is 11.2. The summed E-state index contributed by atoms with van der Waals surface area (Å²) in [5.74, 6) is 0.0196. The molecule has 2 N–H and O–H groups in total. The van der Waals surface area contributed by atoms with Gasteiger partial charge in [-0.25, -0.2) is 0 Å². The van der Waals surface area contributed by atoms with E-state index in [4.69, 9.17) is 10.5 Å². The predicted molar refractivity (Wildman–Crippen MR) is 71.9 cm³/mol. The van der Waals surface area contributed by atoms with E-state index in [0.717, 1.165) is 11.1 Å². The fourth-order valence-corrected chi connectivity index (χ4v) is 1.77. The smallest absolute Gasteiger partial charge is 0.248 e. The van der Waals surface area contributed by atoms with E-state index in [2.05, 4.69) is 0 Å². The Morgan fingerprint density at radius 1 is 1.28 bits per heavy atom. The molecule has 0 saturated carbocycles. The monoisotopic (exact) mass is 250 g/mol. The highest BCUT2D eigenvalue weighted by Crippen LogP contribution is 2.11. The summed E-state index contributed by atoms with van der Waals surface area (Å²) in [6, 6.07) is 7.94. The predicted octanol–water partition coefficient (Wildman–Crippen LogP) is 1.53. The van der Waals surface area contributed by atoms with Gasteiger partial charge in [0, 0.05) is 26.2 Å². The molecule has 0 aliphatic carbocycles. The lowest BCUT2D eigenvalue weighted by atomic mass is 10.1. The molecule has 1 aromatic rings. The van der Waals surface area contributed by atoms with Gasteiger partial charge < -0.3 is 15.4 Å². The molecule has 1 amide bonds. The number of nitrogens with two attached hydrogens (primary N) is 1. The molecule has 0 unspecified atom stereocenters. The second-order valence-corrected chi connectivity index (χ2v) is 4.02. The van der Waals surface area contributed by atoms with Gasteiger partial charge in [-0.2, -0.15) is 0 Å². The second kappa shape index (κ2) is 7.84. The van der Waals surface area contributed by atoms with Crippen molar-refractivity contribution in [2.24, 2.45) is 5.73 Å². The molecule has 0 fully saturated rings. The first-order valence-corrected chi connectivity index (χ1v) is 6.35. The molecule has 0 heterocycles. The largest absolute Gasteiger partial charge is 0.372 e. The minimum absolute atomic E-state index is 0.0196. The number of carbonyl (C=O) groups excluding carboxylic acids is 1. The van der Waals surface area contributed by atoms with E-state index in [1.54, 1.807) is 4.90 Å². The third-order valence-corrected chi connectivity index (χ3v) is 2.86. The summed E-state index contributed by atoms with van der Waals surface area (Å²) < 4.78 is 5.16. The molecule has 18 heavy (non-hydrogen) atoms. The van der Waals surface area contributed by atoms with Crippen molar-refractivity contribution in [2.75, 3.05) is 19.8 Å². The van der Waals surface area contributed by atoms with Gasteiger partial charge in [0.15, 0.2) is 0 Å². The van der Waals surface area contributed by atoms with Crippen LogP contribution in [0.3, 0.4) is 0 Å². The van der Waals surface area contributed by atoms with Crippen molar-refractivity contribution in [1.29, 1.82) is 0 Å². The molecule has 0 radical (unpaired) electrons. The van der Waals surface area contributed by atoms with E-state index < -0.39 is 0 Å². The van der Waals surface area contributed by atoms with Gasteiger partial charge in [0.25, 0.3) is 0 Å². The molecule has 0 bridgehead atoms. The normalized spacial score (nSPS) is 10.4. The quantitative estimate of drug-likeness (QED) is 0.798. The molecular formula is C14H22N2O2. The Morgan fingerprint density at radius 2 is 1.94 bits per heavy atom. The van der Waals surface area contributed by atoms with Crippen LogP contribution in [0, 0.1) is 0 Å². The lowest BCUT2D eigenvalue weighted by Gasteiger charge is -2.22. The van der Waals surface area contributed by atoms with Crippen molar-refractivity contribution in [3.63, 3.8) is 0 Å². The fraction of sp³-hybridized carbons (Fsp3) is 0.500. The van der Waals surface area contributed by atoms with Gasteiger partial charge in [-0.05, 0) is 25.0 Å². The second-order valence-electron chi connectivity index (χ2n) is 4.02. The number of likely N-dealkylation sites (N-methyl/N-ethyl adjacent to an activating group) is 1.